The Morgan fingerprint density at radius 1 is 1.09 bits per heavy atom. The third-order valence-corrected chi connectivity index (χ3v) is 5.26. The van der Waals surface area contributed by atoms with Gasteiger partial charge in [-0.05, 0) is 24.3 Å². The molecule has 1 aliphatic heterocycles. The van der Waals surface area contributed by atoms with Crippen LogP contribution < -0.4 is 4.74 Å². The van der Waals surface area contributed by atoms with Crippen molar-refractivity contribution in [1.82, 2.24) is 14.8 Å². The molecule has 14 heteroatoms. The summed E-state index contributed by atoms with van der Waals surface area (Å²) in [6.07, 6.45) is -14.4. The fourth-order valence-electron chi connectivity index (χ4n) is 3.80. The lowest BCUT2D eigenvalue weighted by Gasteiger charge is -2.23. The van der Waals surface area contributed by atoms with Gasteiger partial charge < -0.3 is 14.6 Å². The standard InChI is InChI=1S/C21H14F7N3O4/c1-34-13-4-2-3-10(16(13)22)17-11-7-9(20(23,24)25)5-6-12(11)31-18(14(35-17)8-15(32)33)29-30-19(31)21(26,27)28/h2-7,14,17H,8H2,1H3,(H,32,33)/t14-,17-/m1/s1. The van der Waals surface area contributed by atoms with E-state index in [0.717, 1.165) is 19.2 Å². The predicted octanol–water partition coefficient (Wildman–Crippen LogP) is 5.09. The van der Waals surface area contributed by atoms with Gasteiger partial charge in [0.05, 0.1) is 24.8 Å². The Morgan fingerprint density at radius 2 is 1.80 bits per heavy atom. The number of rotatable bonds is 4. The van der Waals surface area contributed by atoms with Crippen molar-refractivity contribution in [3.63, 3.8) is 0 Å². The van der Waals surface area contributed by atoms with Crippen molar-refractivity contribution in [1.29, 1.82) is 0 Å². The fraction of sp³-hybridized carbons (Fsp3) is 0.286. The lowest BCUT2D eigenvalue weighted by atomic mass is 9.96. The Morgan fingerprint density at radius 3 is 2.40 bits per heavy atom. The number of benzene rings is 2. The first-order valence-corrected chi connectivity index (χ1v) is 9.76. The van der Waals surface area contributed by atoms with E-state index < -0.39 is 71.2 Å². The van der Waals surface area contributed by atoms with Crippen LogP contribution in [0.3, 0.4) is 0 Å². The van der Waals surface area contributed by atoms with Crippen LogP contribution in [0.2, 0.25) is 0 Å². The maximum absolute atomic E-state index is 15.2. The zero-order valence-corrected chi connectivity index (χ0v) is 17.5. The van der Waals surface area contributed by atoms with Gasteiger partial charge >= 0.3 is 18.3 Å². The van der Waals surface area contributed by atoms with Crippen molar-refractivity contribution in [2.75, 3.05) is 7.11 Å². The van der Waals surface area contributed by atoms with Crippen molar-refractivity contribution in [2.45, 2.75) is 31.0 Å². The van der Waals surface area contributed by atoms with Crippen molar-refractivity contribution in [3.05, 3.63) is 70.6 Å². The van der Waals surface area contributed by atoms with E-state index in [1.54, 1.807) is 0 Å². The second-order valence-electron chi connectivity index (χ2n) is 7.45. The molecule has 186 valence electrons. The topological polar surface area (TPSA) is 86.5 Å². The van der Waals surface area contributed by atoms with Crippen LogP contribution in [0.15, 0.2) is 36.4 Å². The Labute approximate surface area is 191 Å². The highest BCUT2D eigenvalue weighted by Crippen LogP contribution is 2.45. The van der Waals surface area contributed by atoms with Crippen LogP contribution in [0.25, 0.3) is 5.69 Å². The molecule has 2 aromatic carbocycles. The molecular weight excluding hydrogens is 491 g/mol. The highest BCUT2D eigenvalue weighted by Gasteiger charge is 2.44. The van der Waals surface area contributed by atoms with Gasteiger partial charge in [0.2, 0.25) is 5.82 Å². The van der Waals surface area contributed by atoms with Crippen molar-refractivity contribution in [3.8, 4) is 11.4 Å². The van der Waals surface area contributed by atoms with E-state index in [1.165, 1.54) is 12.1 Å². The largest absolute Gasteiger partial charge is 0.494 e. The van der Waals surface area contributed by atoms with Crippen LogP contribution in [0, 0.1) is 5.82 Å². The minimum Gasteiger partial charge on any atom is -0.494 e. The Bertz CT molecular complexity index is 1290. The molecule has 2 atom stereocenters. The van der Waals surface area contributed by atoms with Gasteiger partial charge in [-0.25, -0.2) is 4.39 Å². The number of hydrogen-bond donors (Lipinski definition) is 1. The van der Waals surface area contributed by atoms with Crippen molar-refractivity contribution < 1.29 is 50.1 Å². The minimum absolute atomic E-state index is 0.311. The molecule has 1 aromatic heterocycles. The maximum atomic E-state index is 15.2. The molecule has 0 fully saturated rings. The van der Waals surface area contributed by atoms with Gasteiger partial charge in [-0.15, -0.1) is 10.2 Å². The molecule has 35 heavy (non-hydrogen) atoms. The molecule has 4 rings (SSSR count). The first kappa shape index (κ1) is 24.4. The van der Waals surface area contributed by atoms with Gasteiger partial charge in [0.1, 0.15) is 12.2 Å². The molecular formula is C21H14F7N3O4. The quantitative estimate of drug-likeness (QED) is 0.498. The number of methoxy groups -OCH3 is 1. The van der Waals surface area contributed by atoms with Crippen LogP contribution in [0.5, 0.6) is 5.75 Å². The van der Waals surface area contributed by atoms with Gasteiger partial charge in [-0.1, -0.05) is 12.1 Å². The highest BCUT2D eigenvalue weighted by molar-refractivity contribution is 5.67. The molecule has 0 unspecified atom stereocenters. The van der Waals surface area contributed by atoms with Gasteiger partial charge in [0, 0.05) is 11.1 Å². The van der Waals surface area contributed by atoms with E-state index in [1.807, 2.05) is 0 Å². The van der Waals surface area contributed by atoms with Gasteiger partial charge in [0.15, 0.2) is 17.4 Å². The van der Waals surface area contributed by atoms with Crippen molar-refractivity contribution in [2.24, 2.45) is 0 Å². The minimum atomic E-state index is -5.11. The average Bonchev–Trinajstić information content (AvgIpc) is 3.17. The molecule has 2 heterocycles. The molecule has 3 aromatic rings. The number of aliphatic carboxylic acids is 1. The van der Waals surface area contributed by atoms with Crippen LogP contribution in [-0.2, 0) is 21.9 Å². The monoisotopic (exact) mass is 505 g/mol. The summed E-state index contributed by atoms with van der Waals surface area (Å²) in [5.74, 6) is -5.10. The number of halogens is 7. The number of carboxylic acid groups (broad SMARTS) is 1. The van der Waals surface area contributed by atoms with E-state index in [0.29, 0.717) is 16.7 Å². The van der Waals surface area contributed by atoms with Crippen LogP contribution >= 0.6 is 0 Å². The first-order valence-electron chi connectivity index (χ1n) is 9.76. The second-order valence-corrected chi connectivity index (χ2v) is 7.45. The number of carbonyl (C=O) groups is 1. The lowest BCUT2D eigenvalue weighted by molar-refractivity contribution is -0.146. The second kappa shape index (κ2) is 8.52. The summed E-state index contributed by atoms with van der Waals surface area (Å²) in [6, 6.07) is 5.46. The Kier molecular flexibility index (Phi) is 5.95. The number of nitrogens with zero attached hydrogens (tertiary/aromatic N) is 3. The van der Waals surface area contributed by atoms with Crippen LogP contribution in [-0.4, -0.2) is 33.0 Å². The smallest absolute Gasteiger partial charge is 0.452 e. The van der Waals surface area contributed by atoms with E-state index in [-0.39, 0.29) is 11.3 Å². The van der Waals surface area contributed by atoms with Gasteiger partial charge in [-0.2, -0.15) is 26.3 Å². The summed E-state index contributed by atoms with van der Waals surface area (Å²) in [5, 5.41) is 15.8. The van der Waals surface area contributed by atoms with E-state index >= 15 is 4.39 Å². The Balaban J connectivity index is 2.07. The number of carboxylic acids is 1. The fourth-order valence-corrected chi connectivity index (χ4v) is 3.80. The molecule has 0 spiro atoms. The number of alkyl halides is 6. The molecule has 0 bridgehead atoms. The maximum Gasteiger partial charge on any atom is 0.452 e. The number of ether oxygens (including phenoxy) is 2. The number of hydrogen-bond acceptors (Lipinski definition) is 5. The Hall–Kier alpha value is -3.68. The normalized spacial score (nSPS) is 17.9. The molecule has 1 N–H and O–H groups in total. The van der Waals surface area contributed by atoms with E-state index in [4.69, 9.17) is 9.47 Å². The molecule has 0 radical (unpaired) electrons. The van der Waals surface area contributed by atoms with E-state index in [9.17, 15) is 36.2 Å². The molecule has 0 saturated heterocycles. The highest BCUT2D eigenvalue weighted by atomic mass is 19.4. The number of fused-ring (bicyclic) bond motifs is 3. The predicted molar refractivity (Wildman–Crippen MR) is 102 cm³/mol. The molecule has 1 aliphatic rings. The molecule has 0 saturated carbocycles. The molecule has 0 amide bonds. The van der Waals surface area contributed by atoms with Gasteiger partial charge in [0.25, 0.3) is 0 Å². The summed E-state index contributed by atoms with van der Waals surface area (Å²) >= 11 is 0. The zero-order valence-electron chi connectivity index (χ0n) is 17.5. The van der Waals surface area contributed by atoms with Crippen LogP contribution in [0.4, 0.5) is 30.7 Å². The SMILES string of the molecule is COc1cccc([C@H]2O[C@H](CC(=O)O)c3nnc(C(F)(F)F)n3-c3ccc(C(F)(F)F)cc32)c1F. The van der Waals surface area contributed by atoms with Gasteiger partial charge in [-0.3, -0.25) is 9.36 Å². The number of aromatic nitrogens is 3. The van der Waals surface area contributed by atoms with E-state index in [2.05, 4.69) is 10.2 Å². The summed E-state index contributed by atoms with van der Waals surface area (Å²) in [4.78, 5) is 11.5. The molecule has 0 aliphatic carbocycles. The summed E-state index contributed by atoms with van der Waals surface area (Å²) in [7, 11) is 1.13. The summed E-state index contributed by atoms with van der Waals surface area (Å²) < 4.78 is 108. The first-order chi connectivity index (χ1) is 16.3. The lowest BCUT2D eigenvalue weighted by Crippen LogP contribution is -2.17. The van der Waals surface area contributed by atoms with Crippen molar-refractivity contribution >= 4 is 5.97 Å². The third-order valence-electron chi connectivity index (χ3n) is 5.26. The summed E-state index contributed by atoms with van der Waals surface area (Å²) in [5.41, 5.74) is -2.61. The zero-order chi connectivity index (χ0) is 25.7. The third kappa shape index (κ3) is 4.40. The average molecular weight is 505 g/mol. The van der Waals surface area contributed by atoms with Crippen LogP contribution in [0.1, 0.15) is 47.0 Å². The molecule has 7 nitrogen and oxygen atoms in total. The summed E-state index contributed by atoms with van der Waals surface area (Å²) in [6.45, 7) is 0.